The number of amides is 1. The second kappa shape index (κ2) is 83.6. The Morgan fingerprint density at radius 2 is 0.821 bits per heavy atom. The second-order valence-electron chi connectivity index (χ2n) is 24.3. The van der Waals surface area contributed by atoms with Gasteiger partial charge in [-0.15, -0.1) is 0 Å². The maximum absolute atomic E-state index is 11.4. The highest BCUT2D eigenvalue weighted by Gasteiger charge is 2.27. The van der Waals surface area contributed by atoms with Gasteiger partial charge in [0.05, 0.1) is 38.1 Å². The van der Waals surface area contributed by atoms with Crippen molar-refractivity contribution in [2.75, 3.05) is 69.3 Å². The number of hydrogen-bond acceptors (Lipinski definition) is 37. The van der Waals surface area contributed by atoms with Crippen LogP contribution in [-0.4, -0.2) is 325 Å². The number of rotatable bonds is 34. The molecule has 0 aromatic carbocycles. The van der Waals surface area contributed by atoms with Crippen molar-refractivity contribution < 1.29 is 153 Å². The van der Waals surface area contributed by atoms with Crippen LogP contribution in [0.3, 0.4) is 0 Å². The molecule has 0 saturated carbocycles. The van der Waals surface area contributed by atoms with E-state index in [1.165, 1.54) is 13.3 Å². The predicted molar refractivity (Wildman–Crippen MR) is 433 cm³/mol. The van der Waals surface area contributed by atoms with Crippen LogP contribution in [0.5, 0.6) is 0 Å². The van der Waals surface area contributed by atoms with Crippen molar-refractivity contribution >= 4 is 132 Å². The van der Waals surface area contributed by atoms with E-state index >= 15 is 0 Å². The molecule has 0 spiro atoms. The quantitative estimate of drug-likeness (QED) is 0.0173. The van der Waals surface area contributed by atoms with Crippen LogP contribution in [0.25, 0.3) is 0 Å². The number of thiol groups is 2. The molecule has 3 aliphatic rings. The molecule has 0 bridgehead atoms. The van der Waals surface area contributed by atoms with E-state index in [0.29, 0.717) is 31.5 Å². The summed E-state index contributed by atoms with van der Waals surface area (Å²) in [6.07, 6.45) is 13.5. The number of nitrogens with two attached hydrogens (primary N) is 14. The van der Waals surface area contributed by atoms with E-state index in [1.807, 2.05) is 34.0 Å². The zero-order chi connectivity index (χ0) is 93.8. The molecule has 1 amide bonds. The summed E-state index contributed by atoms with van der Waals surface area (Å²) in [4.78, 5) is 167. The smallest absolute Gasteiger partial charge is 0.324 e. The van der Waals surface area contributed by atoms with Crippen molar-refractivity contribution in [1.29, 1.82) is 0 Å². The summed E-state index contributed by atoms with van der Waals surface area (Å²) in [6, 6.07) is -8.52. The number of nitrogens with zero attached hydrogens (tertiary/aromatic N) is 1. The van der Waals surface area contributed by atoms with Crippen molar-refractivity contribution in [3.05, 3.63) is 18.2 Å². The largest absolute Gasteiger partial charge is 0.480 e. The number of ether oxygens (including phenoxy) is 1. The number of carbonyl (C=O) groups is 16. The number of aliphatic carboxylic acids is 14. The number of hydrogen-bond donors (Lipinski definition) is 34. The number of esters is 1. The topological polar surface area (TPSA) is 995 Å². The molecule has 50 nitrogen and oxygen atoms in total. The molecule has 0 radical (unpaired) electrons. The lowest BCUT2D eigenvalue weighted by Crippen LogP contribution is -2.45. The zero-order valence-corrected chi connectivity index (χ0v) is 68.9. The number of H-pyrrole nitrogens is 1. The van der Waals surface area contributed by atoms with Crippen LogP contribution >= 0.6 is 37.0 Å². The molecule has 3 aliphatic heterocycles. The van der Waals surface area contributed by atoms with Crippen molar-refractivity contribution in [3.8, 4) is 0 Å². The molecular weight excluding hydrogens is 1630 g/mol. The van der Waals surface area contributed by atoms with Gasteiger partial charge in [0, 0.05) is 24.1 Å². The highest BCUT2D eigenvalue weighted by molar-refractivity contribution is 7.98. The van der Waals surface area contributed by atoms with Gasteiger partial charge in [0.2, 0.25) is 5.91 Å². The summed E-state index contributed by atoms with van der Waals surface area (Å²) in [7, 11) is 0. The number of primary amides is 1. The predicted octanol–water partition coefficient (Wildman–Crippen LogP) is -7.32. The molecule has 46 N–H and O–H groups in total. The Morgan fingerprint density at radius 1 is 0.487 bits per heavy atom. The number of aromatic amines is 1. The number of aromatic nitrogens is 2. The molecule has 3 fully saturated rings. The Morgan fingerprint density at radius 3 is 1.01 bits per heavy atom. The number of imidazole rings is 1. The molecule has 4 heterocycles. The summed E-state index contributed by atoms with van der Waals surface area (Å²) in [5, 5.41) is 123. The number of nitrogens with one attached hydrogen (secondary N) is 4. The van der Waals surface area contributed by atoms with E-state index in [9.17, 15) is 76.7 Å². The minimum Gasteiger partial charge on any atom is -0.480 e. The van der Waals surface area contributed by atoms with Gasteiger partial charge >= 0.3 is 89.5 Å². The van der Waals surface area contributed by atoms with Gasteiger partial charge in [-0.1, -0.05) is 40.5 Å². The summed E-state index contributed by atoms with van der Waals surface area (Å²) < 4.78 is 4.87. The van der Waals surface area contributed by atoms with E-state index in [2.05, 4.69) is 74.1 Å². The molecular formula is C64H131N19O31S3. The third kappa shape index (κ3) is 94.2. The first-order chi connectivity index (χ1) is 54.0. The number of carboxylic acids is 14. The second-order valence-corrected chi connectivity index (χ2v) is 26.0. The normalized spacial score (nSPS) is 16.2. The lowest BCUT2D eigenvalue weighted by atomic mass is 10.0. The van der Waals surface area contributed by atoms with Gasteiger partial charge in [0.25, 0.3) is 0 Å². The summed E-state index contributed by atoms with van der Waals surface area (Å²) >= 11 is 8.90. The van der Waals surface area contributed by atoms with Gasteiger partial charge in [-0.05, 0) is 121 Å². The molecule has 0 unspecified atom stereocenters. The van der Waals surface area contributed by atoms with Gasteiger partial charge < -0.3 is 177 Å². The maximum atomic E-state index is 11.4. The van der Waals surface area contributed by atoms with Crippen LogP contribution in [0.2, 0.25) is 0 Å². The average molecular weight is 1760 g/mol. The monoisotopic (exact) mass is 1760 g/mol. The minimum atomic E-state index is -1.23. The fraction of sp³-hybridized carbons (Fsp3) is 0.703. The minimum absolute atomic E-state index is 0.0718. The average Bonchev–Trinajstić information content (AvgIpc) is 1.47. The van der Waals surface area contributed by atoms with Crippen molar-refractivity contribution in [2.45, 2.75) is 203 Å². The number of carbonyl (C=O) groups excluding carboxylic acids is 2. The first-order valence-electron chi connectivity index (χ1n) is 35.2. The van der Waals surface area contributed by atoms with Gasteiger partial charge in [0.15, 0.2) is 0 Å². The molecule has 1 aromatic rings. The molecule has 1 aromatic heterocycles. The molecule has 686 valence electrons. The van der Waals surface area contributed by atoms with E-state index in [-0.39, 0.29) is 73.9 Å². The number of unbranched alkanes of at least 4 members (excludes halogenated alkanes) is 1. The number of carboxylic acid groups (broad SMARTS) is 14. The van der Waals surface area contributed by atoms with Crippen molar-refractivity contribution in [1.82, 2.24) is 25.9 Å². The Balaban J connectivity index is -0.000000133. The molecule has 53 heteroatoms. The first kappa shape index (κ1) is 129. The van der Waals surface area contributed by atoms with Gasteiger partial charge in [-0.3, -0.25) is 76.7 Å². The third-order valence-electron chi connectivity index (χ3n) is 13.6. The first-order valence-corrected chi connectivity index (χ1v) is 37.8. The Bertz CT molecular complexity index is 2760. The van der Waals surface area contributed by atoms with E-state index in [4.69, 9.17) is 134 Å². The fourth-order valence-corrected chi connectivity index (χ4v) is 7.31. The van der Waals surface area contributed by atoms with Crippen molar-refractivity contribution in [3.63, 3.8) is 0 Å². The summed E-state index contributed by atoms with van der Waals surface area (Å²) in [5.74, 6) is -13.0. The molecule has 117 heavy (non-hydrogen) atoms. The molecule has 0 aliphatic carbocycles. The van der Waals surface area contributed by atoms with Gasteiger partial charge in [-0.2, -0.15) is 37.0 Å². The SMILES string of the molecule is CC(C)C[C@H](N)C(=O)O[C@H](C)[C@H](N)C(=O)O.CC[C@H](C)[C@H](N)C(=O)O.CSCC[C@H](N)C(=O)O.NC(=O)C[C@H](N)C(=O)O.NCC(=O)O.NCC(=O)O.NCC(=O)O.NCCCC[C@H](N)C(=O)O.N[C@@H](CS)C(=O)O.N[C@@H](CS)C(=O)O.N[C@@H](Cc1c[nH]cn1)C(=O)O.O=C(O)[C@@H]1CCCN1.O=C(O)[C@@H]1CCCN1.O=C(O)[C@@H]1CCCN1. The molecule has 14 atom stereocenters. The van der Waals surface area contributed by atoms with Crippen molar-refractivity contribution in [2.24, 2.45) is 92.1 Å². The van der Waals surface area contributed by atoms with Crippen LogP contribution in [0.15, 0.2) is 12.5 Å². The summed E-state index contributed by atoms with van der Waals surface area (Å²) in [6.45, 7) is 11.4. The standard InChI is InChI=1S/C10H20N2O4.C6H9N3O2.C6H14N2O2.C6H13NO2.C5H11NO2S.3C5H9NO2.C4H8N2O3.2C3H7NO2S.3C2H5NO2/c1-5(2)4-7(11)10(15)16-6(3)8(12)9(13)14;7-5(6(10)11)1-4-2-8-3-9-4;7-4-2-1-3-5(8)6(9)10;1-3-4(2)5(7)6(8)9;1-9-3-2-4(6)5(7)8;3*7-5(8)4-2-1-3-6-4;5-2(4(8)9)1-3(6)7;2*4-2(1-7)3(5)6;3*3-1-2(4)5/h5-8H,4,11-12H2,1-3H3,(H,13,14);2-3,5H,1,7H2,(H,8,9)(H,10,11);5H,1-4,7-8H2,(H,9,10);4-5H,3,7H2,1-2H3,(H,8,9);4H,2-3,6H2,1H3,(H,7,8);3*4,6H,1-3H2,(H,7,8);2H,1,5H2,(H2,6,7)(H,8,9);2*2,7H,1,4H2,(H,5,6);3*1,3H2,(H,4,5)/t6-,7+,8+;2*5-;4-,5-;4*4-;3*2-;;;/m10000000000.../s1. The van der Waals surface area contributed by atoms with Gasteiger partial charge in [0.1, 0.15) is 78.6 Å². The molecule has 3 saturated heterocycles. The Kier molecular flexibility index (Phi) is 92.1. The van der Waals surface area contributed by atoms with Crippen LogP contribution in [0.1, 0.15) is 124 Å². The number of thioether (sulfide) groups is 1. The fourth-order valence-electron chi connectivity index (χ4n) is 6.51. The maximum Gasteiger partial charge on any atom is 0.324 e. The van der Waals surface area contributed by atoms with E-state index in [1.54, 1.807) is 18.0 Å². The van der Waals surface area contributed by atoms with Crippen LogP contribution in [0, 0.1) is 11.8 Å². The zero-order valence-electron chi connectivity index (χ0n) is 66.3. The molecule has 4 rings (SSSR count). The van der Waals surface area contributed by atoms with Gasteiger partial charge in [-0.25, -0.2) is 4.98 Å². The van der Waals surface area contributed by atoms with Crippen LogP contribution in [0.4, 0.5) is 0 Å². The third-order valence-corrected chi connectivity index (χ3v) is 15.0. The van der Waals surface area contributed by atoms with E-state index in [0.717, 1.165) is 83.2 Å². The van der Waals surface area contributed by atoms with Crippen LogP contribution in [-0.2, 0) is 87.9 Å². The highest BCUT2D eigenvalue weighted by atomic mass is 32.2. The Hall–Kier alpha value is -8.86. The Labute approximate surface area is 691 Å². The summed E-state index contributed by atoms with van der Waals surface area (Å²) in [5.41, 5.74) is 70.8. The van der Waals surface area contributed by atoms with E-state index < -0.39 is 156 Å². The lowest BCUT2D eigenvalue weighted by molar-refractivity contribution is -0.155. The lowest BCUT2D eigenvalue weighted by Gasteiger charge is -2.20. The highest BCUT2D eigenvalue weighted by Crippen LogP contribution is 2.09. The van der Waals surface area contributed by atoms with Crippen LogP contribution < -0.4 is 96.2 Å².